The Bertz CT molecular complexity index is 4620. The van der Waals surface area contributed by atoms with Crippen LogP contribution in [0.3, 0.4) is 0 Å². The van der Waals surface area contributed by atoms with Crippen molar-refractivity contribution in [1.82, 2.24) is 19.6 Å². The van der Waals surface area contributed by atoms with E-state index in [1.807, 2.05) is 85.3 Å². The number of phenols is 1. The van der Waals surface area contributed by atoms with Gasteiger partial charge in [0.15, 0.2) is 25.0 Å². The Labute approximate surface area is 694 Å². The van der Waals surface area contributed by atoms with E-state index < -0.39 is 43.3 Å². The highest BCUT2D eigenvalue weighted by Crippen LogP contribution is 2.49. The molecule has 0 bridgehead atoms. The molecule has 1 N–H and O–H groups in total. The highest BCUT2D eigenvalue weighted by molar-refractivity contribution is 6.20. The number of likely N-dealkylation sites (N-methyl/N-ethyl adjacent to an activating group) is 1. The number of hydrogen-bond acceptors (Lipinski definition) is 18. The largest absolute Gasteiger partial charge is 0.507 e. The molecule has 15 rings (SSSR count). The summed E-state index contributed by atoms with van der Waals surface area (Å²) in [6.45, 7) is 17.9. The molecule has 6 aromatic rings. The number of hydrogen-bond donors (Lipinski definition) is 1. The van der Waals surface area contributed by atoms with E-state index in [4.69, 9.17) is 65.8 Å². The Kier molecular flexibility index (Phi) is 28.2. The number of aromatic hydroxyl groups is 1. The van der Waals surface area contributed by atoms with Gasteiger partial charge in [-0.1, -0.05) is 73.8 Å². The second-order valence-corrected chi connectivity index (χ2v) is 32.5. The zero-order chi connectivity index (χ0) is 81.8. The second-order valence-electron chi connectivity index (χ2n) is 31.9. The predicted molar refractivity (Wildman–Crippen MR) is 449 cm³/mol. The maximum absolute atomic E-state index is 14.3. The van der Waals surface area contributed by atoms with Gasteiger partial charge in [-0.25, -0.2) is 24.2 Å². The van der Waals surface area contributed by atoms with E-state index in [2.05, 4.69) is 18.1 Å². The molecule has 0 aliphatic carbocycles. The molecule has 8 atom stereocenters. The first kappa shape index (κ1) is 84.3. The minimum absolute atomic E-state index is 0.000524. The summed E-state index contributed by atoms with van der Waals surface area (Å²) < 4.78 is 55.2. The Morgan fingerprint density at radius 2 is 0.957 bits per heavy atom. The standard InChI is InChI=1S/C48H60ClN5O9.C42H50ClN3O8/c1-4-24-61-48(58)54-38-28-40(32(2)27-36(38)45(56)52-19-11-9-16-37(52)46(54)63-43-18-10-13-26-60-43)59-25-12-5-6-17-42(55)53-31-33(30-49)44-35-15-8-7-14-34(35)41(29-39(44)53)62-47(57)51-22-20-50(3)21-23-51;1-3-19-53-42(50)46-33-24-36(27(2)22-31(33)40(49)44-18-10-8-15-32(44)41(46)54-38-17-9-12-21-52-38)51-20-11-4-5-16-37(48)45-26-28(25-43)39-30-14-7-6-13-29(30)35(47)23-34(39)45/h4,7-8,14-15,27-29,33,37,43,46H,1,5-6,9-13,16-26,30-31H2,2-3H3;3,6-7,13-14,22-24,28,32,38,41,47H,1,4-5,8-12,15-21,25-26H2,2H3/t33-,37+,43?,46+;28-,32+,38?,41+/m11/s1. The van der Waals surface area contributed by atoms with Crippen molar-refractivity contribution < 1.29 is 81.3 Å². The number of ether oxygens (including phenoxy) is 9. The minimum Gasteiger partial charge on any atom is -0.507 e. The molecule has 25 nitrogen and oxygen atoms in total. The van der Waals surface area contributed by atoms with Gasteiger partial charge in [-0.3, -0.25) is 19.2 Å². The number of phenolic OH excluding ortho intramolecular Hbond substituents is 1. The van der Waals surface area contributed by atoms with Crippen LogP contribution in [-0.2, 0) is 38.0 Å². The van der Waals surface area contributed by atoms with Gasteiger partial charge in [0.25, 0.3) is 11.8 Å². The maximum atomic E-state index is 14.3. The van der Waals surface area contributed by atoms with Crippen molar-refractivity contribution in [3.05, 3.63) is 144 Å². The fraction of sp³-hybridized carbons (Fsp3) is 0.522. The molecule has 9 heterocycles. The summed E-state index contributed by atoms with van der Waals surface area (Å²) >= 11 is 12.9. The number of amides is 7. The van der Waals surface area contributed by atoms with Gasteiger partial charge in [0, 0.05) is 137 Å². The molecule has 6 aromatic carbocycles. The third-order valence-electron chi connectivity index (χ3n) is 24.0. The van der Waals surface area contributed by atoms with Crippen LogP contribution in [0.25, 0.3) is 21.5 Å². The lowest BCUT2D eigenvalue weighted by molar-refractivity contribution is -0.199. The number of carbonyl (C=O) groups is 7. The van der Waals surface area contributed by atoms with Crippen molar-refractivity contribution in [2.24, 2.45) is 0 Å². The number of aryl methyl sites for hydroxylation is 2. The van der Waals surface area contributed by atoms with Crippen molar-refractivity contribution in [3.63, 3.8) is 0 Å². The number of rotatable bonds is 25. The second kappa shape index (κ2) is 39.1. The first-order valence-corrected chi connectivity index (χ1v) is 43.1. The minimum atomic E-state index is -0.825. The lowest BCUT2D eigenvalue weighted by Gasteiger charge is -2.42. The normalized spacial score (nSPS) is 22.5. The summed E-state index contributed by atoms with van der Waals surface area (Å²) in [5, 5.41) is 14.2. The van der Waals surface area contributed by atoms with Crippen molar-refractivity contribution in [2.75, 3.05) is 130 Å². The van der Waals surface area contributed by atoms with Crippen molar-refractivity contribution in [2.45, 2.75) is 191 Å². The van der Waals surface area contributed by atoms with E-state index in [1.165, 1.54) is 22.0 Å². The summed E-state index contributed by atoms with van der Waals surface area (Å²) in [5.74, 6) is 2.04. The third kappa shape index (κ3) is 18.6. The number of alkyl halides is 2. The van der Waals surface area contributed by atoms with Crippen LogP contribution >= 0.6 is 23.2 Å². The topological polar surface area (TPSA) is 249 Å². The van der Waals surface area contributed by atoms with Gasteiger partial charge in [0.05, 0.1) is 59.2 Å². The van der Waals surface area contributed by atoms with E-state index in [0.29, 0.717) is 181 Å². The Morgan fingerprint density at radius 3 is 1.42 bits per heavy atom. The van der Waals surface area contributed by atoms with Crippen LogP contribution in [0.2, 0.25) is 0 Å². The van der Waals surface area contributed by atoms with E-state index in [9.17, 15) is 38.7 Å². The fourth-order valence-corrected chi connectivity index (χ4v) is 18.4. The highest BCUT2D eigenvalue weighted by Gasteiger charge is 2.49. The number of piperidine rings is 2. The van der Waals surface area contributed by atoms with Crippen LogP contribution in [0.4, 0.5) is 37.1 Å². The SMILES string of the molecule is C=CCOC(=O)N1c2cc(OCCCCCC(=O)N3C[C@@H](CCl)c4c3cc(O)c3ccccc43)c(C)cc2C(=O)N2CCCC[C@H]2[C@@H]1OC1CCCCO1.C=CCOC(=O)N1c2cc(OCCCCCC(=O)N3C[C@@H](CCl)c4c3cc(OC(=O)N3CCN(C)CC3)c3ccccc43)c(C)cc2C(=O)N2CCCC[C@H]2[C@@H]1OC1CCCCO1. The zero-order valence-corrected chi connectivity index (χ0v) is 69.1. The molecule has 5 saturated heterocycles. The number of nitrogens with zero attached hydrogens (tertiary/aromatic N) is 8. The molecule has 0 saturated carbocycles. The highest BCUT2D eigenvalue weighted by atomic mass is 35.5. The predicted octanol–water partition coefficient (Wildman–Crippen LogP) is 16.4. The zero-order valence-electron chi connectivity index (χ0n) is 67.5. The molecule has 9 aliphatic rings. The summed E-state index contributed by atoms with van der Waals surface area (Å²) in [5.41, 5.74) is 6.59. The lowest BCUT2D eigenvalue weighted by atomic mass is 9.95. The molecule has 626 valence electrons. The van der Waals surface area contributed by atoms with Gasteiger partial charge in [0.2, 0.25) is 11.8 Å². The molecule has 0 aromatic heterocycles. The Hall–Kier alpha value is -9.21. The Morgan fingerprint density at radius 1 is 0.513 bits per heavy atom. The van der Waals surface area contributed by atoms with Gasteiger partial charge < -0.3 is 77.1 Å². The maximum Gasteiger partial charge on any atom is 0.416 e. The van der Waals surface area contributed by atoms with E-state index in [-0.39, 0.29) is 66.5 Å². The third-order valence-corrected chi connectivity index (χ3v) is 24.8. The summed E-state index contributed by atoms with van der Waals surface area (Å²) in [6, 6.07) is 25.4. The number of halogens is 2. The number of anilines is 4. The van der Waals surface area contributed by atoms with E-state index in [1.54, 1.807) is 45.0 Å². The van der Waals surface area contributed by atoms with Crippen LogP contribution in [-0.4, -0.2) is 215 Å². The number of piperazine rings is 1. The molecule has 7 amide bonds. The van der Waals surface area contributed by atoms with Crippen molar-refractivity contribution in [3.8, 4) is 23.0 Å². The van der Waals surface area contributed by atoms with Gasteiger partial charge in [-0.05, 0) is 182 Å². The molecular weight excluding hydrogens is 1540 g/mol. The van der Waals surface area contributed by atoms with E-state index in [0.717, 1.165) is 132 Å². The number of fused-ring (bicyclic) bond motifs is 10. The van der Waals surface area contributed by atoms with Crippen LogP contribution < -0.4 is 33.8 Å². The van der Waals surface area contributed by atoms with Crippen LogP contribution in [0.5, 0.6) is 23.0 Å². The number of carbonyl (C=O) groups excluding carboxylic acids is 7. The van der Waals surface area contributed by atoms with Gasteiger partial charge >= 0.3 is 18.3 Å². The summed E-state index contributed by atoms with van der Waals surface area (Å²) in [4.78, 5) is 111. The molecule has 117 heavy (non-hydrogen) atoms. The molecule has 5 fully saturated rings. The number of unbranched alkanes of at least 4 members (excludes halogenated alkanes) is 4. The molecule has 0 radical (unpaired) electrons. The lowest BCUT2D eigenvalue weighted by Crippen LogP contribution is -2.57. The smallest absolute Gasteiger partial charge is 0.416 e. The molecule has 2 unspecified atom stereocenters. The molecule has 27 heteroatoms. The first-order valence-electron chi connectivity index (χ1n) is 42.0. The monoisotopic (exact) mass is 1640 g/mol. The molecule has 9 aliphatic heterocycles. The van der Waals surface area contributed by atoms with E-state index >= 15 is 0 Å². The Balaban J connectivity index is 0.000000195. The van der Waals surface area contributed by atoms with Crippen LogP contribution in [0.15, 0.2) is 110 Å². The van der Waals surface area contributed by atoms with Crippen LogP contribution in [0.1, 0.15) is 183 Å². The van der Waals surface area contributed by atoms with Gasteiger partial charge in [-0.15, -0.1) is 23.2 Å². The van der Waals surface area contributed by atoms with Crippen LogP contribution in [0, 0.1) is 13.8 Å². The summed E-state index contributed by atoms with van der Waals surface area (Å²) in [7, 11) is 2.04. The quantitative estimate of drug-likeness (QED) is 0.0318. The average molecular weight is 1650 g/mol. The summed E-state index contributed by atoms with van der Waals surface area (Å²) in [6.07, 6.45) is 13.7. The fourth-order valence-electron chi connectivity index (χ4n) is 17.9. The number of benzene rings is 6. The molecular formula is C90H110Cl2N8O17. The van der Waals surface area contributed by atoms with Gasteiger partial charge in [-0.2, -0.15) is 0 Å². The van der Waals surface area contributed by atoms with Crippen molar-refractivity contribution in [1.29, 1.82) is 0 Å². The van der Waals surface area contributed by atoms with Crippen molar-refractivity contribution >= 4 is 109 Å². The van der Waals surface area contributed by atoms with Gasteiger partial charge in [0.1, 0.15) is 36.2 Å². The molecule has 0 spiro atoms. The first-order chi connectivity index (χ1) is 57.0. The average Bonchev–Trinajstić information content (AvgIpc) is 1.65.